The molecule has 0 saturated heterocycles. The molecule has 0 aromatic heterocycles. The molecule has 0 amide bonds. The number of non-ortho nitro benzene ring substituents is 1. The van der Waals surface area contributed by atoms with E-state index < -0.39 is 43.7 Å². The van der Waals surface area contributed by atoms with E-state index in [1.54, 1.807) is 0 Å². The Morgan fingerprint density at radius 3 is 1.95 bits per heavy atom. The first kappa shape index (κ1) is 17.0. The van der Waals surface area contributed by atoms with E-state index in [0.717, 1.165) is 0 Å². The Morgan fingerprint density at radius 1 is 1.05 bits per heavy atom. The molecule has 0 aliphatic carbocycles. The SMILES string of the molecule is O=[N+]([O-])c1cc(OS(=O)(=O)C(F)(F)F)cc(C(F)(F)F)c1. The Morgan fingerprint density at radius 2 is 1.57 bits per heavy atom. The van der Waals surface area contributed by atoms with Gasteiger partial charge in [-0.2, -0.15) is 34.8 Å². The van der Waals surface area contributed by atoms with Gasteiger partial charge in [-0.3, -0.25) is 10.1 Å². The van der Waals surface area contributed by atoms with Gasteiger partial charge in [-0.15, -0.1) is 0 Å². The number of hydrogen-bond acceptors (Lipinski definition) is 5. The standard InChI is InChI=1S/C8H3F6NO5S/c9-7(10,11)4-1-5(15(16)17)3-6(2-4)20-21(18,19)8(12,13)14/h1-3H. The normalized spacial score (nSPS) is 13.0. The molecular formula is C8H3F6NO5S. The van der Waals surface area contributed by atoms with E-state index in [-0.39, 0.29) is 18.2 Å². The van der Waals surface area contributed by atoms with Crippen LogP contribution in [0.2, 0.25) is 0 Å². The summed E-state index contributed by atoms with van der Waals surface area (Å²) in [6.07, 6.45) is -5.15. The summed E-state index contributed by atoms with van der Waals surface area (Å²) in [6.45, 7) is 0. The second-order valence-electron chi connectivity index (χ2n) is 3.45. The molecule has 0 radical (unpaired) electrons. The molecule has 1 rings (SSSR count). The number of nitrogens with zero attached hydrogens (tertiary/aromatic N) is 1. The lowest BCUT2D eigenvalue weighted by molar-refractivity contribution is -0.385. The molecule has 0 spiro atoms. The Bertz CT molecular complexity index is 665. The minimum Gasteiger partial charge on any atom is -0.376 e. The number of nitro benzene ring substituents is 1. The van der Waals surface area contributed by atoms with E-state index in [1.165, 1.54) is 0 Å². The topological polar surface area (TPSA) is 86.5 Å². The minimum atomic E-state index is -6.25. The van der Waals surface area contributed by atoms with Crippen LogP contribution in [0.4, 0.5) is 32.0 Å². The average Bonchev–Trinajstić information content (AvgIpc) is 2.24. The molecule has 0 fully saturated rings. The van der Waals surface area contributed by atoms with Gasteiger partial charge in [0, 0.05) is 6.07 Å². The van der Waals surface area contributed by atoms with Crippen molar-refractivity contribution in [1.29, 1.82) is 0 Å². The van der Waals surface area contributed by atoms with Crippen molar-refractivity contribution in [1.82, 2.24) is 0 Å². The van der Waals surface area contributed by atoms with E-state index in [4.69, 9.17) is 0 Å². The van der Waals surface area contributed by atoms with Crippen LogP contribution in [0.3, 0.4) is 0 Å². The van der Waals surface area contributed by atoms with Crippen molar-refractivity contribution in [2.45, 2.75) is 11.7 Å². The second-order valence-corrected chi connectivity index (χ2v) is 4.99. The molecule has 0 saturated carbocycles. The maximum atomic E-state index is 12.4. The summed E-state index contributed by atoms with van der Waals surface area (Å²) in [5, 5.41) is 10.4. The minimum absolute atomic E-state index is 0.0209. The highest BCUT2D eigenvalue weighted by molar-refractivity contribution is 7.88. The third-order valence-electron chi connectivity index (χ3n) is 1.92. The molecule has 13 heteroatoms. The number of alkyl halides is 6. The van der Waals surface area contributed by atoms with Gasteiger partial charge in [0.05, 0.1) is 16.6 Å². The molecule has 1 aromatic rings. The fourth-order valence-electron chi connectivity index (χ4n) is 1.07. The van der Waals surface area contributed by atoms with Gasteiger partial charge < -0.3 is 4.18 Å². The largest absolute Gasteiger partial charge is 0.534 e. The van der Waals surface area contributed by atoms with Crippen molar-refractivity contribution in [3.05, 3.63) is 33.9 Å². The Kier molecular flexibility index (Phi) is 4.09. The van der Waals surface area contributed by atoms with Gasteiger partial charge in [0.2, 0.25) is 0 Å². The summed E-state index contributed by atoms with van der Waals surface area (Å²) in [4.78, 5) is 9.06. The molecule has 0 atom stereocenters. The summed E-state index contributed by atoms with van der Waals surface area (Å²) in [5.74, 6) is -1.48. The van der Waals surface area contributed by atoms with Crippen molar-refractivity contribution >= 4 is 15.8 Å². The molecule has 6 nitrogen and oxygen atoms in total. The van der Waals surface area contributed by atoms with Crippen LogP contribution in [0.1, 0.15) is 5.56 Å². The first-order chi connectivity index (χ1) is 9.24. The third kappa shape index (κ3) is 3.96. The van der Waals surface area contributed by atoms with Crippen molar-refractivity contribution in [3.63, 3.8) is 0 Å². The number of halogens is 6. The van der Waals surface area contributed by atoms with Crippen LogP contribution in [0.5, 0.6) is 5.75 Å². The molecule has 0 heterocycles. The highest BCUT2D eigenvalue weighted by Gasteiger charge is 2.49. The number of nitro groups is 1. The average molecular weight is 339 g/mol. The van der Waals surface area contributed by atoms with Crippen LogP contribution in [-0.4, -0.2) is 18.8 Å². The monoisotopic (exact) mass is 339 g/mol. The van der Waals surface area contributed by atoms with E-state index in [0.29, 0.717) is 0 Å². The molecule has 0 bridgehead atoms. The van der Waals surface area contributed by atoms with Crippen molar-refractivity contribution in [3.8, 4) is 5.75 Å². The van der Waals surface area contributed by atoms with E-state index in [9.17, 15) is 44.9 Å². The van der Waals surface area contributed by atoms with Crippen LogP contribution in [0.15, 0.2) is 18.2 Å². The van der Waals surface area contributed by atoms with Gasteiger partial charge in [-0.1, -0.05) is 0 Å². The molecule has 118 valence electrons. The lowest BCUT2D eigenvalue weighted by atomic mass is 10.2. The van der Waals surface area contributed by atoms with Crippen LogP contribution >= 0.6 is 0 Å². The zero-order valence-corrected chi connectivity index (χ0v) is 10.2. The maximum absolute atomic E-state index is 12.4. The van der Waals surface area contributed by atoms with Crippen LogP contribution in [-0.2, 0) is 16.3 Å². The molecule has 1 aromatic carbocycles. The summed E-state index contributed by atoms with van der Waals surface area (Å²) in [5.41, 5.74) is -8.91. The van der Waals surface area contributed by atoms with Crippen LogP contribution in [0.25, 0.3) is 0 Å². The fraction of sp³-hybridized carbons (Fsp3) is 0.250. The van der Waals surface area contributed by atoms with E-state index in [2.05, 4.69) is 4.18 Å². The number of rotatable bonds is 3. The van der Waals surface area contributed by atoms with Gasteiger partial charge in [0.15, 0.2) is 0 Å². The first-order valence-electron chi connectivity index (χ1n) is 4.61. The second kappa shape index (κ2) is 5.05. The highest BCUT2D eigenvalue weighted by atomic mass is 32.2. The van der Waals surface area contributed by atoms with Crippen molar-refractivity contribution < 1.29 is 43.9 Å². The molecule has 0 unspecified atom stereocenters. The van der Waals surface area contributed by atoms with Gasteiger partial charge >= 0.3 is 21.8 Å². The van der Waals surface area contributed by atoms with Crippen molar-refractivity contribution in [2.24, 2.45) is 0 Å². The highest BCUT2D eigenvalue weighted by Crippen LogP contribution is 2.36. The molecule has 0 aliphatic rings. The quantitative estimate of drug-likeness (QED) is 0.278. The predicted octanol–water partition coefficient (Wildman–Crippen LogP) is 2.84. The predicted molar refractivity (Wildman–Crippen MR) is 53.7 cm³/mol. The lowest BCUT2D eigenvalue weighted by Gasteiger charge is -2.11. The maximum Gasteiger partial charge on any atom is 0.534 e. The zero-order valence-electron chi connectivity index (χ0n) is 9.40. The Hall–Kier alpha value is -2.05. The Balaban J connectivity index is 3.38. The smallest absolute Gasteiger partial charge is 0.376 e. The molecule has 0 aliphatic heterocycles. The summed E-state index contributed by atoms with van der Waals surface area (Å²) in [6, 6.07) is 0.0435. The van der Waals surface area contributed by atoms with Crippen molar-refractivity contribution in [2.75, 3.05) is 0 Å². The molecule has 0 N–H and O–H groups in total. The Labute approximate surface area is 112 Å². The van der Waals surface area contributed by atoms with Gasteiger partial charge in [0.25, 0.3) is 5.69 Å². The molecule has 21 heavy (non-hydrogen) atoms. The number of benzene rings is 1. The summed E-state index contributed by atoms with van der Waals surface area (Å²) < 4.78 is 98.2. The zero-order chi connectivity index (χ0) is 16.6. The molecular weight excluding hydrogens is 336 g/mol. The lowest BCUT2D eigenvalue weighted by Crippen LogP contribution is -2.28. The van der Waals surface area contributed by atoms with E-state index >= 15 is 0 Å². The van der Waals surface area contributed by atoms with Gasteiger partial charge in [-0.05, 0) is 6.07 Å². The van der Waals surface area contributed by atoms with Crippen LogP contribution in [0, 0.1) is 10.1 Å². The fourth-order valence-corrected chi connectivity index (χ4v) is 1.52. The third-order valence-corrected chi connectivity index (χ3v) is 2.90. The van der Waals surface area contributed by atoms with Crippen LogP contribution < -0.4 is 4.18 Å². The summed E-state index contributed by atoms with van der Waals surface area (Å²) >= 11 is 0. The summed E-state index contributed by atoms with van der Waals surface area (Å²) in [7, 11) is -6.25. The van der Waals surface area contributed by atoms with E-state index in [1.807, 2.05) is 0 Å². The van der Waals surface area contributed by atoms with Gasteiger partial charge in [-0.25, -0.2) is 0 Å². The first-order valence-corrected chi connectivity index (χ1v) is 6.02. The number of hydrogen-bond donors (Lipinski definition) is 0. The van der Waals surface area contributed by atoms with Gasteiger partial charge in [0.1, 0.15) is 5.75 Å².